The molecule has 0 saturated heterocycles. The van der Waals surface area contributed by atoms with Crippen LogP contribution in [0.4, 0.5) is 5.69 Å². The Balaban J connectivity index is 2.96. The standard InChI is InChI=1S/C11H15BrN2O2/c1-11(2,13-3)7-8-4-5-9(14(15)16)6-10(8)12/h4-6,13H,7H2,1-3H3. The molecule has 0 saturated carbocycles. The number of non-ortho nitro benzene ring substituents is 1. The van der Waals surface area contributed by atoms with Gasteiger partial charge in [-0.1, -0.05) is 22.0 Å². The first-order valence-electron chi connectivity index (χ1n) is 4.97. The first kappa shape index (κ1) is 13.1. The molecule has 1 N–H and O–H groups in total. The van der Waals surface area contributed by atoms with E-state index < -0.39 is 4.92 Å². The third kappa shape index (κ3) is 3.28. The minimum Gasteiger partial charge on any atom is -0.314 e. The number of nitro benzene ring substituents is 1. The molecule has 0 spiro atoms. The Kier molecular flexibility index (Phi) is 4.04. The number of nitrogens with zero attached hydrogens (tertiary/aromatic N) is 1. The number of rotatable bonds is 4. The first-order chi connectivity index (χ1) is 7.35. The van der Waals surface area contributed by atoms with E-state index in [2.05, 4.69) is 35.1 Å². The maximum absolute atomic E-state index is 10.6. The van der Waals surface area contributed by atoms with Crippen molar-refractivity contribution in [2.24, 2.45) is 0 Å². The van der Waals surface area contributed by atoms with E-state index in [9.17, 15) is 10.1 Å². The largest absolute Gasteiger partial charge is 0.314 e. The predicted molar refractivity (Wildman–Crippen MR) is 67.6 cm³/mol. The second kappa shape index (κ2) is 4.93. The van der Waals surface area contributed by atoms with Gasteiger partial charge >= 0.3 is 0 Å². The Hall–Kier alpha value is -0.940. The van der Waals surface area contributed by atoms with Gasteiger partial charge in [-0.2, -0.15) is 0 Å². The minimum atomic E-state index is -0.391. The second-order valence-corrected chi connectivity index (χ2v) is 5.20. The third-order valence-electron chi connectivity index (χ3n) is 2.56. The lowest BCUT2D eigenvalue weighted by atomic mass is 9.95. The minimum absolute atomic E-state index is 0.0291. The third-order valence-corrected chi connectivity index (χ3v) is 3.29. The van der Waals surface area contributed by atoms with Crippen LogP contribution in [0.5, 0.6) is 0 Å². The van der Waals surface area contributed by atoms with Crippen molar-refractivity contribution in [1.82, 2.24) is 5.32 Å². The lowest BCUT2D eigenvalue weighted by molar-refractivity contribution is -0.384. The average Bonchev–Trinajstić information content (AvgIpc) is 2.20. The summed E-state index contributed by atoms with van der Waals surface area (Å²) in [5, 5.41) is 13.8. The van der Waals surface area contributed by atoms with Gasteiger partial charge in [-0.05, 0) is 32.9 Å². The topological polar surface area (TPSA) is 55.2 Å². The van der Waals surface area contributed by atoms with Crippen molar-refractivity contribution in [3.05, 3.63) is 38.3 Å². The van der Waals surface area contributed by atoms with Crippen LogP contribution in [0.2, 0.25) is 0 Å². The van der Waals surface area contributed by atoms with Gasteiger partial charge in [0.1, 0.15) is 0 Å². The molecular formula is C11H15BrN2O2. The summed E-state index contributed by atoms with van der Waals surface area (Å²) in [4.78, 5) is 10.2. The molecule has 0 fully saturated rings. The highest BCUT2D eigenvalue weighted by Crippen LogP contribution is 2.25. The fourth-order valence-electron chi connectivity index (χ4n) is 1.36. The van der Waals surface area contributed by atoms with E-state index in [1.807, 2.05) is 7.05 Å². The van der Waals surface area contributed by atoms with Crippen molar-refractivity contribution in [2.45, 2.75) is 25.8 Å². The van der Waals surface area contributed by atoms with Crippen LogP contribution < -0.4 is 5.32 Å². The summed E-state index contributed by atoms with van der Waals surface area (Å²) in [5.74, 6) is 0. The van der Waals surface area contributed by atoms with Gasteiger partial charge < -0.3 is 5.32 Å². The molecule has 16 heavy (non-hydrogen) atoms. The Morgan fingerprint density at radius 3 is 2.56 bits per heavy atom. The highest BCUT2D eigenvalue weighted by molar-refractivity contribution is 9.10. The highest BCUT2D eigenvalue weighted by Gasteiger charge is 2.18. The van der Waals surface area contributed by atoms with Crippen molar-refractivity contribution in [2.75, 3.05) is 7.05 Å². The van der Waals surface area contributed by atoms with Crippen molar-refractivity contribution in [3.8, 4) is 0 Å². The lowest BCUT2D eigenvalue weighted by Crippen LogP contribution is -2.38. The second-order valence-electron chi connectivity index (χ2n) is 4.34. The van der Waals surface area contributed by atoms with Gasteiger partial charge in [0.2, 0.25) is 0 Å². The molecule has 0 aliphatic carbocycles. The van der Waals surface area contributed by atoms with Gasteiger partial charge in [0.05, 0.1) is 4.92 Å². The summed E-state index contributed by atoms with van der Waals surface area (Å²) in [6.07, 6.45) is 0.808. The van der Waals surface area contributed by atoms with E-state index >= 15 is 0 Å². The van der Waals surface area contributed by atoms with Crippen LogP contribution in [0.15, 0.2) is 22.7 Å². The van der Waals surface area contributed by atoms with Gasteiger partial charge in [0, 0.05) is 22.1 Å². The highest BCUT2D eigenvalue weighted by atomic mass is 79.9. The van der Waals surface area contributed by atoms with Crippen LogP contribution in [0, 0.1) is 10.1 Å². The maximum Gasteiger partial charge on any atom is 0.270 e. The maximum atomic E-state index is 10.6. The summed E-state index contributed by atoms with van der Waals surface area (Å²) in [7, 11) is 1.90. The first-order valence-corrected chi connectivity index (χ1v) is 5.77. The summed E-state index contributed by atoms with van der Waals surface area (Å²) in [6.45, 7) is 4.17. The molecule has 1 aromatic rings. The predicted octanol–water partition coefficient (Wildman–Crippen LogP) is 2.90. The van der Waals surface area contributed by atoms with E-state index in [-0.39, 0.29) is 11.2 Å². The smallest absolute Gasteiger partial charge is 0.270 e. The van der Waals surface area contributed by atoms with E-state index in [1.54, 1.807) is 12.1 Å². The number of nitro groups is 1. The molecule has 0 bridgehead atoms. The average molecular weight is 287 g/mol. The quantitative estimate of drug-likeness (QED) is 0.684. The van der Waals surface area contributed by atoms with E-state index in [0.717, 1.165) is 16.5 Å². The molecule has 0 aliphatic rings. The van der Waals surface area contributed by atoms with Crippen molar-refractivity contribution in [3.63, 3.8) is 0 Å². The Bertz CT molecular complexity index is 405. The number of hydrogen-bond donors (Lipinski definition) is 1. The summed E-state index contributed by atoms with van der Waals surface area (Å²) >= 11 is 3.37. The molecule has 0 radical (unpaired) electrons. The molecule has 4 nitrogen and oxygen atoms in total. The van der Waals surface area contributed by atoms with Gasteiger partial charge in [-0.3, -0.25) is 10.1 Å². The van der Waals surface area contributed by atoms with Crippen LogP contribution in [-0.4, -0.2) is 17.5 Å². The fraction of sp³-hybridized carbons (Fsp3) is 0.455. The van der Waals surface area contributed by atoms with Crippen LogP contribution in [-0.2, 0) is 6.42 Å². The zero-order valence-corrected chi connectivity index (χ0v) is 11.2. The van der Waals surface area contributed by atoms with Gasteiger partial charge in [-0.25, -0.2) is 0 Å². The molecule has 0 aliphatic heterocycles. The van der Waals surface area contributed by atoms with Gasteiger partial charge in [0.15, 0.2) is 0 Å². The van der Waals surface area contributed by atoms with Crippen LogP contribution in [0.1, 0.15) is 19.4 Å². The Labute approximate surface area is 103 Å². The zero-order valence-electron chi connectivity index (χ0n) is 9.58. The normalized spacial score (nSPS) is 11.5. The van der Waals surface area contributed by atoms with Gasteiger partial charge in [0.25, 0.3) is 5.69 Å². The fourth-order valence-corrected chi connectivity index (χ4v) is 1.86. The SMILES string of the molecule is CNC(C)(C)Cc1ccc([N+](=O)[O-])cc1Br. The summed E-state index contributed by atoms with van der Waals surface area (Å²) in [6, 6.07) is 4.87. The van der Waals surface area contributed by atoms with Crippen LogP contribution in [0.25, 0.3) is 0 Å². The van der Waals surface area contributed by atoms with E-state index in [4.69, 9.17) is 0 Å². The Morgan fingerprint density at radius 1 is 1.50 bits per heavy atom. The number of nitrogens with one attached hydrogen (secondary N) is 1. The molecule has 0 amide bonds. The van der Waals surface area contributed by atoms with E-state index in [0.29, 0.717) is 0 Å². The molecule has 0 unspecified atom stereocenters. The zero-order chi connectivity index (χ0) is 12.3. The molecule has 0 heterocycles. The van der Waals surface area contributed by atoms with Crippen LogP contribution >= 0.6 is 15.9 Å². The summed E-state index contributed by atoms with van der Waals surface area (Å²) in [5.41, 5.74) is 1.14. The molecular weight excluding hydrogens is 272 g/mol. The van der Waals surface area contributed by atoms with E-state index in [1.165, 1.54) is 6.07 Å². The molecule has 0 atom stereocenters. The van der Waals surface area contributed by atoms with Gasteiger partial charge in [-0.15, -0.1) is 0 Å². The van der Waals surface area contributed by atoms with Crippen LogP contribution in [0.3, 0.4) is 0 Å². The monoisotopic (exact) mass is 286 g/mol. The molecule has 1 rings (SSSR count). The lowest BCUT2D eigenvalue weighted by Gasteiger charge is -2.24. The molecule has 1 aromatic carbocycles. The number of hydrogen-bond acceptors (Lipinski definition) is 3. The Morgan fingerprint density at radius 2 is 2.12 bits per heavy atom. The van der Waals surface area contributed by atoms with Crippen molar-refractivity contribution >= 4 is 21.6 Å². The number of halogens is 1. The summed E-state index contributed by atoms with van der Waals surface area (Å²) < 4.78 is 0.782. The number of likely N-dealkylation sites (N-methyl/N-ethyl adjacent to an activating group) is 1. The molecule has 88 valence electrons. The number of benzene rings is 1. The molecule has 0 aromatic heterocycles. The van der Waals surface area contributed by atoms with Crippen molar-refractivity contribution < 1.29 is 4.92 Å². The molecule has 5 heteroatoms. The van der Waals surface area contributed by atoms with Crippen molar-refractivity contribution in [1.29, 1.82) is 0 Å².